The van der Waals surface area contributed by atoms with E-state index in [0.717, 1.165) is 57.8 Å². The third-order valence-corrected chi connectivity index (χ3v) is 15.4. The molecule has 3 saturated carbocycles. The number of carbonyl (C=O) groups excluding carboxylic acids is 1. The van der Waals surface area contributed by atoms with Crippen molar-refractivity contribution in [3.63, 3.8) is 0 Å². The second-order valence-corrected chi connectivity index (χ2v) is 21.5. The van der Waals surface area contributed by atoms with E-state index >= 15 is 0 Å². The molecule has 1 heterocycles. The Hall–Kier alpha value is -0.880. The Bertz CT molecular complexity index is 1120. The Morgan fingerprint density at radius 1 is 0.562 bits per heavy atom. The SMILES string of the molecule is CCCCCCCCCCCCCC[C@@H](O)[C@@H](O)[C@H](CC[C@H]1O[C@H](CO)[C@H](O)[C@H](O)[C@H]1O)NC(=O)CCCCCCCCCCCCCCCCCCCCCCCC12CC(F)(C1)C2. The smallest absolute Gasteiger partial charge is 0.220 e. The maximum atomic E-state index is 13.6. The van der Waals surface area contributed by atoms with Crippen molar-refractivity contribution in [3.8, 4) is 0 Å². The van der Waals surface area contributed by atoms with Crippen LogP contribution in [-0.2, 0) is 9.53 Å². The van der Waals surface area contributed by atoms with Crippen molar-refractivity contribution in [1.82, 2.24) is 5.32 Å². The van der Waals surface area contributed by atoms with Crippen molar-refractivity contribution in [3.05, 3.63) is 0 Å². The minimum Gasteiger partial charge on any atom is -0.394 e. The predicted octanol–water partition coefficient (Wildman–Crippen LogP) is 11.8. The normalized spacial score (nSPS) is 26.6. The van der Waals surface area contributed by atoms with Gasteiger partial charge in [-0.3, -0.25) is 4.79 Å². The number of nitrogens with one attached hydrogen (secondary N) is 1. The van der Waals surface area contributed by atoms with Gasteiger partial charge in [0.15, 0.2) is 0 Å². The van der Waals surface area contributed by atoms with Crippen LogP contribution in [0.3, 0.4) is 0 Å². The van der Waals surface area contributed by atoms with Crippen LogP contribution >= 0.6 is 0 Å². The summed E-state index contributed by atoms with van der Waals surface area (Å²) >= 11 is 0. The second kappa shape index (κ2) is 34.4. The van der Waals surface area contributed by atoms with Crippen molar-refractivity contribution in [2.45, 2.75) is 325 Å². The van der Waals surface area contributed by atoms with Gasteiger partial charge in [0.05, 0.1) is 31.0 Å². The van der Waals surface area contributed by atoms with Gasteiger partial charge in [0, 0.05) is 6.42 Å². The van der Waals surface area contributed by atoms with Crippen LogP contribution in [0.15, 0.2) is 0 Å². The van der Waals surface area contributed by atoms with Gasteiger partial charge in [-0.2, -0.15) is 0 Å². The molecule has 64 heavy (non-hydrogen) atoms. The number of unbranched alkanes of at least 4 members (excludes halogenated alkanes) is 31. The van der Waals surface area contributed by atoms with Crippen molar-refractivity contribution >= 4 is 5.91 Å². The van der Waals surface area contributed by atoms with Gasteiger partial charge in [-0.15, -0.1) is 0 Å². The number of hydrogen-bond donors (Lipinski definition) is 7. The van der Waals surface area contributed by atoms with Crippen LogP contribution in [-0.4, -0.2) is 97.6 Å². The van der Waals surface area contributed by atoms with Crippen LogP contribution in [0.1, 0.15) is 270 Å². The fraction of sp³-hybridized carbons (Fsp3) is 0.981. The molecule has 3 aliphatic carbocycles. The Kier molecular flexibility index (Phi) is 30.9. The first-order valence-electron chi connectivity index (χ1n) is 27.7. The Morgan fingerprint density at radius 2 is 0.953 bits per heavy atom. The maximum Gasteiger partial charge on any atom is 0.220 e. The summed E-state index contributed by atoms with van der Waals surface area (Å²) in [6.07, 6.45) is 38.0. The topological polar surface area (TPSA) is 160 Å². The van der Waals surface area contributed by atoms with E-state index in [4.69, 9.17) is 4.74 Å². The van der Waals surface area contributed by atoms with E-state index in [1.165, 1.54) is 180 Å². The lowest BCUT2D eigenvalue weighted by Gasteiger charge is -2.66. The molecule has 4 fully saturated rings. The fourth-order valence-corrected chi connectivity index (χ4v) is 11.3. The quantitative estimate of drug-likeness (QED) is 0.0298. The number of ether oxygens (including phenoxy) is 1. The van der Waals surface area contributed by atoms with Crippen LogP contribution in [0.4, 0.5) is 4.39 Å². The highest BCUT2D eigenvalue weighted by Gasteiger charge is 2.68. The number of aliphatic hydroxyl groups is 6. The first kappa shape index (κ1) is 57.4. The lowest BCUT2D eigenvalue weighted by molar-refractivity contribution is -0.231. The highest BCUT2D eigenvalue weighted by molar-refractivity contribution is 5.76. The second-order valence-electron chi connectivity index (χ2n) is 21.5. The van der Waals surface area contributed by atoms with Gasteiger partial charge in [0.1, 0.15) is 30.1 Å². The molecule has 378 valence electrons. The molecule has 0 radical (unpaired) electrons. The Morgan fingerprint density at radius 3 is 1.38 bits per heavy atom. The third kappa shape index (κ3) is 23.4. The number of hydrogen-bond acceptors (Lipinski definition) is 8. The highest BCUT2D eigenvalue weighted by atomic mass is 19.1. The van der Waals surface area contributed by atoms with Crippen molar-refractivity contribution in [2.75, 3.05) is 6.61 Å². The zero-order valence-electron chi connectivity index (χ0n) is 41.2. The molecule has 10 heteroatoms. The molecule has 2 bridgehead atoms. The van der Waals surface area contributed by atoms with E-state index in [0.29, 0.717) is 18.3 Å². The van der Waals surface area contributed by atoms with Crippen molar-refractivity contribution < 1.29 is 44.6 Å². The van der Waals surface area contributed by atoms with Crippen molar-refractivity contribution in [1.29, 1.82) is 0 Å². The van der Waals surface area contributed by atoms with E-state index in [-0.39, 0.29) is 18.7 Å². The summed E-state index contributed by atoms with van der Waals surface area (Å²) in [5.41, 5.74) is -0.284. The average Bonchev–Trinajstić information content (AvgIpc) is 3.26. The maximum absolute atomic E-state index is 13.6. The van der Waals surface area contributed by atoms with Gasteiger partial charge >= 0.3 is 0 Å². The van der Waals surface area contributed by atoms with Gasteiger partial charge in [-0.25, -0.2) is 4.39 Å². The third-order valence-electron chi connectivity index (χ3n) is 15.4. The molecule has 8 atom stereocenters. The predicted molar refractivity (Wildman–Crippen MR) is 259 cm³/mol. The summed E-state index contributed by atoms with van der Waals surface area (Å²) < 4.78 is 19.3. The number of amides is 1. The minimum absolute atomic E-state index is 0.156. The number of rotatable bonds is 44. The number of alkyl halides is 1. The molecule has 4 rings (SSSR count). The number of aliphatic hydroxyl groups excluding tert-OH is 6. The minimum atomic E-state index is -1.48. The standard InChI is InChI=1S/C54H102FNO8/c1-2-3-4-5-6-7-8-20-23-26-29-32-35-45(58)49(60)44(37-38-46-50(61)52(63)51(62)47(40-57)64-46)56-48(59)36-33-30-27-24-21-18-16-14-12-10-9-11-13-15-17-19-22-25-28-31-34-39-53-41-54(55,42-53)43-53/h44-47,49-52,57-58,60-63H,2-43H2,1H3,(H,56,59)/t44-,45+,46+,47+,49-,50-,51-,52+,53?,54?/m0/s1. The molecule has 1 amide bonds. The van der Waals surface area contributed by atoms with E-state index in [1.54, 1.807) is 0 Å². The summed E-state index contributed by atoms with van der Waals surface area (Å²) in [5, 5.41) is 65.9. The lowest BCUT2D eigenvalue weighted by Crippen LogP contribution is -2.64. The van der Waals surface area contributed by atoms with E-state index < -0.39 is 61.0 Å². The Balaban J connectivity index is 1.16. The van der Waals surface area contributed by atoms with Gasteiger partial charge in [0.25, 0.3) is 0 Å². The van der Waals surface area contributed by atoms with Crippen LogP contribution in [0.2, 0.25) is 0 Å². The molecule has 7 N–H and O–H groups in total. The molecule has 0 aromatic carbocycles. The van der Waals surface area contributed by atoms with Crippen LogP contribution < -0.4 is 5.32 Å². The monoisotopic (exact) mass is 912 g/mol. The first-order valence-corrected chi connectivity index (χ1v) is 27.7. The average molecular weight is 912 g/mol. The van der Waals surface area contributed by atoms with Gasteiger partial charge in [-0.1, -0.05) is 212 Å². The summed E-state index contributed by atoms with van der Waals surface area (Å²) in [7, 11) is 0. The summed E-state index contributed by atoms with van der Waals surface area (Å²) in [4.78, 5) is 13.1. The molecular weight excluding hydrogens is 810 g/mol. The van der Waals surface area contributed by atoms with E-state index in [2.05, 4.69) is 12.2 Å². The fourth-order valence-electron chi connectivity index (χ4n) is 11.3. The molecular formula is C54H102FNO8. The zero-order valence-corrected chi connectivity index (χ0v) is 41.2. The van der Waals surface area contributed by atoms with Gasteiger partial charge in [0.2, 0.25) is 5.91 Å². The zero-order chi connectivity index (χ0) is 46.3. The molecule has 0 spiro atoms. The summed E-state index contributed by atoms with van der Waals surface area (Å²) in [6.45, 7) is 1.73. The van der Waals surface area contributed by atoms with Crippen LogP contribution in [0.25, 0.3) is 0 Å². The van der Waals surface area contributed by atoms with E-state index in [9.17, 15) is 39.8 Å². The lowest BCUT2D eigenvalue weighted by atomic mass is 9.41. The largest absolute Gasteiger partial charge is 0.394 e. The molecule has 4 aliphatic rings. The number of carbonyl (C=O) groups is 1. The number of halogens is 1. The molecule has 9 nitrogen and oxygen atoms in total. The van der Waals surface area contributed by atoms with E-state index in [1.807, 2.05) is 0 Å². The van der Waals surface area contributed by atoms with Crippen LogP contribution in [0, 0.1) is 5.41 Å². The van der Waals surface area contributed by atoms with Gasteiger partial charge < -0.3 is 40.7 Å². The molecule has 0 aromatic heterocycles. The Labute approximate surface area is 391 Å². The molecule has 0 unspecified atom stereocenters. The summed E-state index contributed by atoms with van der Waals surface area (Å²) in [6, 6.07) is -0.769. The molecule has 1 saturated heterocycles. The van der Waals surface area contributed by atoms with Crippen LogP contribution in [0.5, 0.6) is 0 Å². The van der Waals surface area contributed by atoms with Crippen molar-refractivity contribution in [2.24, 2.45) is 5.41 Å². The molecule has 1 aliphatic heterocycles. The summed E-state index contributed by atoms with van der Waals surface area (Å²) in [5.74, 6) is -0.178. The van der Waals surface area contributed by atoms with Gasteiger partial charge in [-0.05, 0) is 56.8 Å². The highest BCUT2D eigenvalue weighted by Crippen LogP contribution is 2.71. The first-order chi connectivity index (χ1) is 31.0. The molecule has 0 aromatic rings.